The third-order valence-corrected chi connectivity index (χ3v) is 5.25. The number of hydrogen-bond donors (Lipinski definition) is 2. The van der Waals surface area contributed by atoms with Crippen molar-refractivity contribution in [3.05, 3.63) is 34.1 Å². The van der Waals surface area contributed by atoms with Gasteiger partial charge in [0.1, 0.15) is 16.5 Å². The molecule has 3 N–H and O–H groups in total. The topological polar surface area (TPSA) is 105 Å². The highest BCUT2D eigenvalue weighted by atomic mass is 79.9. The molecule has 1 aromatic heterocycles. The van der Waals surface area contributed by atoms with Gasteiger partial charge in [-0.2, -0.15) is 9.40 Å². The van der Waals surface area contributed by atoms with E-state index in [1.54, 1.807) is 6.92 Å². The zero-order chi connectivity index (χ0) is 15.8. The third kappa shape index (κ3) is 3.22. The minimum Gasteiger partial charge on any atom is -0.398 e. The predicted octanol–water partition coefficient (Wildman–Crippen LogP) is 1.42. The Balaban J connectivity index is 2.35. The third-order valence-electron chi connectivity index (χ3n) is 2.75. The van der Waals surface area contributed by atoms with Gasteiger partial charge in [-0.15, -0.1) is 0 Å². The summed E-state index contributed by atoms with van der Waals surface area (Å²) in [7, 11) is -2.72. The Morgan fingerprint density at radius 1 is 1.48 bits per heavy atom. The van der Waals surface area contributed by atoms with E-state index in [0.29, 0.717) is 16.1 Å². The summed E-state index contributed by atoms with van der Waals surface area (Å²) in [6.45, 7) is 1.61. The number of rotatable bonds is 4. The van der Waals surface area contributed by atoms with Crippen LogP contribution in [0.3, 0.4) is 0 Å². The number of aryl methyl sites for hydroxylation is 1. The average molecular weight is 378 g/mol. The van der Waals surface area contributed by atoms with Gasteiger partial charge in [0.2, 0.25) is 10.0 Å². The molecule has 0 aliphatic carbocycles. The number of anilines is 1. The van der Waals surface area contributed by atoms with Crippen LogP contribution in [0.4, 0.5) is 10.1 Å². The number of hydrogen-bond acceptors (Lipinski definition) is 5. The van der Waals surface area contributed by atoms with Gasteiger partial charge in [-0.25, -0.2) is 17.8 Å². The normalized spacial score (nSPS) is 12.0. The molecule has 0 atom stereocenters. The second-order valence-electron chi connectivity index (χ2n) is 4.40. The molecule has 0 aliphatic rings. The zero-order valence-corrected chi connectivity index (χ0v) is 13.7. The maximum Gasteiger partial charge on any atom is 0.246 e. The van der Waals surface area contributed by atoms with E-state index >= 15 is 0 Å². The molecule has 21 heavy (non-hydrogen) atoms. The first-order valence-electron chi connectivity index (χ1n) is 5.80. The Morgan fingerprint density at radius 3 is 2.71 bits per heavy atom. The number of benzene rings is 1. The van der Waals surface area contributed by atoms with Crippen molar-refractivity contribution in [2.75, 3.05) is 12.8 Å². The average Bonchev–Trinajstić information content (AvgIpc) is 2.79. The molecule has 0 unspecified atom stereocenters. The lowest BCUT2D eigenvalue weighted by Gasteiger charge is -2.16. The summed E-state index contributed by atoms with van der Waals surface area (Å²) in [5.41, 5.74) is 5.75. The molecule has 2 aromatic rings. The second kappa shape index (κ2) is 5.70. The fourth-order valence-electron chi connectivity index (χ4n) is 1.65. The summed E-state index contributed by atoms with van der Waals surface area (Å²) in [4.78, 5) is 3.53. The zero-order valence-electron chi connectivity index (χ0n) is 11.3. The number of nitrogens with one attached hydrogen (secondary N) is 1. The van der Waals surface area contributed by atoms with Crippen molar-refractivity contribution in [1.82, 2.24) is 19.5 Å². The molecule has 1 heterocycles. The minimum atomic E-state index is -4.03. The van der Waals surface area contributed by atoms with Crippen LogP contribution in [0.2, 0.25) is 0 Å². The van der Waals surface area contributed by atoms with E-state index in [4.69, 9.17) is 5.73 Å². The summed E-state index contributed by atoms with van der Waals surface area (Å²) in [5.74, 6) is -0.0203. The van der Waals surface area contributed by atoms with Crippen molar-refractivity contribution < 1.29 is 12.8 Å². The molecule has 7 nitrogen and oxygen atoms in total. The van der Waals surface area contributed by atoms with Crippen LogP contribution in [0.1, 0.15) is 11.6 Å². The molecule has 0 bridgehead atoms. The smallest absolute Gasteiger partial charge is 0.246 e. The van der Waals surface area contributed by atoms with Gasteiger partial charge in [-0.1, -0.05) is 0 Å². The number of aromatic nitrogens is 3. The summed E-state index contributed by atoms with van der Waals surface area (Å²) in [6.07, 6.45) is 0. The van der Waals surface area contributed by atoms with Gasteiger partial charge in [-0.3, -0.25) is 5.10 Å². The number of H-pyrrole nitrogens is 1. The fourth-order valence-corrected chi connectivity index (χ4v) is 3.17. The Morgan fingerprint density at radius 2 is 2.14 bits per heavy atom. The second-order valence-corrected chi connectivity index (χ2v) is 7.27. The minimum absolute atomic E-state index is 0.0813. The van der Waals surface area contributed by atoms with Crippen LogP contribution < -0.4 is 5.73 Å². The molecule has 2 rings (SSSR count). The number of aromatic amines is 1. The van der Waals surface area contributed by atoms with Crippen molar-refractivity contribution in [2.45, 2.75) is 18.4 Å². The SMILES string of the molecule is Cc1nc(CN(C)S(=O)(=O)c2cc(N)c(Br)cc2F)n[nH]1. The van der Waals surface area contributed by atoms with Crippen LogP contribution in [0, 0.1) is 12.7 Å². The van der Waals surface area contributed by atoms with Crippen molar-refractivity contribution in [3.63, 3.8) is 0 Å². The Bertz CT molecular complexity index is 777. The van der Waals surface area contributed by atoms with Gasteiger partial charge in [0.05, 0.1) is 6.54 Å². The largest absolute Gasteiger partial charge is 0.398 e. The van der Waals surface area contributed by atoms with Gasteiger partial charge in [0.15, 0.2) is 5.82 Å². The molecular weight excluding hydrogens is 365 g/mol. The highest BCUT2D eigenvalue weighted by Gasteiger charge is 2.26. The highest BCUT2D eigenvalue weighted by Crippen LogP contribution is 2.27. The molecule has 0 saturated heterocycles. The molecule has 10 heteroatoms. The number of nitrogens with zero attached hydrogens (tertiary/aromatic N) is 3. The number of nitrogen functional groups attached to an aromatic ring is 1. The lowest BCUT2D eigenvalue weighted by molar-refractivity contribution is 0.451. The maximum atomic E-state index is 13.9. The summed E-state index contributed by atoms with van der Waals surface area (Å²) in [5, 5.41) is 6.46. The van der Waals surface area contributed by atoms with E-state index in [2.05, 4.69) is 31.1 Å². The van der Waals surface area contributed by atoms with Crippen LogP contribution in [0.15, 0.2) is 21.5 Å². The van der Waals surface area contributed by atoms with Gasteiger partial charge >= 0.3 is 0 Å². The van der Waals surface area contributed by atoms with Crippen LogP contribution in [-0.4, -0.2) is 35.0 Å². The maximum absolute atomic E-state index is 13.9. The van der Waals surface area contributed by atoms with E-state index in [0.717, 1.165) is 16.4 Å². The first kappa shape index (κ1) is 15.9. The molecule has 0 fully saturated rings. The van der Waals surface area contributed by atoms with Crippen LogP contribution in [-0.2, 0) is 16.6 Å². The van der Waals surface area contributed by atoms with E-state index < -0.39 is 20.7 Å². The van der Waals surface area contributed by atoms with Crippen molar-refractivity contribution in [1.29, 1.82) is 0 Å². The van der Waals surface area contributed by atoms with E-state index in [1.165, 1.54) is 7.05 Å². The van der Waals surface area contributed by atoms with E-state index in [-0.39, 0.29) is 12.2 Å². The molecule has 0 spiro atoms. The quantitative estimate of drug-likeness (QED) is 0.783. The molecule has 0 amide bonds. The molecule has 0 radical (unpaired) electrons. The Labute approximate surface area is 129 Å². The van der Waals surface area contributed by atoms with Crippen molar-refractivity contribution >= 4 is 31.6 Å². The van der Waals surface area contributed by atoms with Crippen LogP contribution in [0.25, 0.3) is 0 Å². The number of halogens is 2. The van der Waals surface area contributed by atoms with Crippen LogP contribution in [0.5, 0.6) is 0 Å². The van der Waals surface area contributed by atoms with Crippen molar-refractivity contribution in [2.24, 2.45) is 0 Å². The molecular formula is C11H13BrFN5O2S. The summed E-state index contributed by atoms with van der Waals surface area (Å²) < 4.78 is 39.9. The first-order chi connectivity index (χ1) is 9.71. The van der Waals surface area contributed by atoms with Gasteiger partial charge in [0, 0.05) is 17.2 Å². The first-order valence-corrected chi connectivity index (χ1v) is 8.04. The molecule has 0 saturated carbocycles. The van der Waals surface area contributed by atoms with Gasteiger partial charge in [0.25, 0.3) is 0 Å². The Hall–Kier alpha value is -1.52. The highest BCUT2D eigenvalue weighted by molar-refractivity contribution is 9.10. The molecule has 0 aliphatic heterocycles. The van der Waals surface area contributed by atoms with Gasteiger partial charge in [-0.05, 0) is 35.0 Å². The standard InChI is InChI=1S/C11H13BrFN5O2S/c1-6-15-11(17-16-6)5-18(2)21(19,20)10-4-9(14)7(12)3-8(10)13/h3-4H,5,14H2,1-2H3,(H,15,16,17). The molecule has 114 valence electrons. The molecule has 1 aromatic carbocycles. The number of nitrogens with two attached hydrogens (primary N) is 1. The van der Waals surface area contributed by atoms with E-state index in [9.17, 15) is 12.8 Å². The van der Waals surface area contributed by atoms with Crippen LogP contribution >= 0.6 is 15.9 Å². The van der Waals surface area contributed by atoms with Gasteiger partial charge < -0.3 is 5.73 Å². The number of sulfonamides is 1. The summed E-state index contributed by atoms with van der Waals surface area (Å²) in [6, 6.07) is 2.10. The lowest BCUT2D eigenvalue weighted by atomic mass is 10.3. The fraction of sp³-hybridized carbons (Fsp3) is 0.273. The van der Waals surface area contributed by atoms with E-state index in [1.807, 2.05) is 0 Å². The Kier molecular flexibility index (Phi) is 4.30. The summed E-state index contributed by atoms with van der Waals surface area (Å²) >= 11 is 3.04. The lowest BCUT2D eigenvalue weighted by Crippen LogP contribution is -2.28. The van der Waals surface area contributed by atoms with Crippen molar-refractivity contribution in [3.8, 4) is 0 Å². The predicted molar refractivity (Wildman–Crippen MR) is 78.3 cm³/mol. The monoisotopic (exact) mass is 377 g/mol.